The number of hydrogen-bond donors (Lipinski definition) is 2. The minimum Gasteiger partial charge on any atom is -0.357 e. The molecule has 6 nitrogen and oxygen atoms in total. The zero-order chi connectivity index (χ0) is 21.2. The van der Waals surface area contributed by atoms with Crippen LogP contribution in [0.4, 0.5) is 4.39 Å². The number of nitrogens with one attached hydrogen (secondary N) is 2. The quantitative estimate of drug-likeness (QED) is 0.257. The van der Waals surface area contributed by atoms with Gasteiger partial charge < -0.3 is 15.2 Å². The van der Waals surface area contributed by atoms with E-state index in [2.05, 4.69) is 43.6 Å². The molecule has 0 aliphatic heterocycles. The molecule has 0 radical (unpaired) electrons. The molecule has 0 bridgehead atoms. The number of aryl methyl sites for hydroxylation is 1. The van der Waals surface area contributed by atoms with Crippen molar-refractivity contribution in [3.05, 3.63) is 41.5 Å². The number of guanidine groups is 1. The number of benzene rings is 1. The fourth-order valence-electron chi connectivity index (χ4n) is 3.93. The highest BCUT2D eigenvalue weighted by molar-refractivity contribution is 7.98. The van der Waals surface area contributed by atoms with Gasteiger partial charge in [-0.15, -0.1) is 10.2 Å². The first-order chi connectivity index (χ1) is 14.7. The average molecular weight is 433 g/mol. The van der Waals surface area contributed by atoms with Gasteiger partial charge in [-0.05, 0) is 56.6 Å². The number of thioether (sulfide) groups is 1. The number of aliphatic imine (C=N–C) groups is 1. The van der Waals surface area contributed by atoms with E-state index in [4.69, 9.17) is 0 Å². The van der Waals surface area contributed by atoms with Crippen LogP contribution in [0.3, 0.4) is 0 Å². The Morgan fingerprint density at radius 2 is 2.07 bits per heavy atom. The third-order valence-electron chi connectivity index (χ3n) is 5.38. The predicted octanol–water partition coefficient (Wildman–Crippen LogP) is 3.98. The maximum absolute atomic E-state index is 13.3. The van der Waals surface area contributed by atoms with Crippen molar-refractivity contribution < 1.29 is 4.39 Å². The topological polar surface area (TPSA) is 67.1 Å². The number of nitrogens with zero attached hydrogens (tertiary/aromatic N) is 4. The molecule has 1 saturated carbocycles. The number of aromatic nitrogens is 3. The van der Waals surface area contributed by atoms with Crippen molar-refractivity contribution in [1.82, 2.24) is 25.4 Å². The van der Waals surface area contributed by atoms with Gasteiger partial charge in [-0.1, -0.05) is 36.7 Å². The summed E-state index contributed by atoms with van der Waals surface area (Å²) in [6.45, 7) is 4.29. The standard InChI is InChI=1S/C22H33FN6S/c1-3-24-21(26-15-13-17-8-6-9-18(23)16-17)25-14-7-12-20-27-28-22(30-2)29(20)19-10-4-5-11-19/h6,8-9,16,19H,3-5,7,10-15H2,1-2H3,(H2,24,25,26). The number of rotatable bonds is 10. The van der Waals surface area contributed by atoms with Crippen molar-refractivity contribution in [2.75, 3.05) is 25.9 Å². The molecule has 0 unspecified atom stereocenters. The molecule has 30 heavy (non-hydrogen) atoms. The van der Waals surface area contributed by atoms with Crippen LogP contribution in [0.25, 0.3) is 0 Å². The maximum Gasteiger partial charge on any atom is 0.191 e. The Morgan fingerprint density at radius 1 is 1.23 bits per heavy atom. The van der Waals surface area contributed by atoms with E-state index in [0.717, 1.165) is 54.9 Å². The van der Waals surface area contributed by atoms with Gasteiger partial charge >= 0.3 is 0 Å². The van der Waals surface area contributed by atoms with E-state index in [0.29, 0.717) is 12.6 Å². The van der Waals surface area contributed by atoms with Gasteiger partial charge in [-0.3, -0.25) is 4.99 Å². The molecule has 0 atom stereocenters. The lowest BCUT2D eigenvalue weighted by Crippen LogP contribution is -2.38. The molecule has 1 aromatic carbocycles. The first kappa shape index (κ1) is 22.6. The normalized spacial score (nSPS) is 15.0. The summed E-state index contributed by atoms with van der Waals surface area (Å²) >= 11 is 1.68. The van der Waals surface area contributed by atoms with Crippen LogP contribution in [-0.2, 0) is 12.8 Å². The highest BCUT2D eigenvalue weighted by Gasteiger charge is 2.23. The fourth-order valence-corrected chi connectivity index (χ4v) is 4.51. The summed E-state index contributed by atoms with van der Waals surface area (Å²) in [4.78, 5) is 4.69. The van der Waals surface area contributed by atoms with Crippen molar-refractivity contribution in [2.45, 2.75) is 63.1 Å². The Bertz CT molecular complexity index is 816. The largest absolute Gasteiger partial charge is 0.357 e. The van der Waals surface area contributed by atoms with Crippen molar-refractivity contribution in [1.29, 1.82) is 0 Å². The molecule has 2 aromatic rings. The number of hydrogen-bond acceptors (Lipinski definition) is 4. The third-order valence-corrected chi connectivity index (χ3v) is 6.02. The van der Waals surface area contributed by atoms with E-state index >= 15 is 0 Å². The maximum atomic E-state index is 13.3. The van der Waals surface area contributed by atoms with Crippen LogP contribution in [0.2, 0.25) is 0 Å². The molecule has 1 fully saturated rings. The van der Waals surface area contributed by atoms with Crippen LogP contribution in [-0.4, -0.2) is 46.6 Å². The molecule has 3 rings (SSSR count). The van der Waals surface area contributed by atoms with E-state index in [9.17, 15) is 4.39 Å². The minimum absolute atomic E-state index is 0.192. The Balaban J connectivity index is 1.49. The first-order valence-electron chi connectivity index (χ1n) is 11.0. The molecule has 0 spiro atoms. The summed E-state index contributed by atoms with van der Waals surface area (Å²) in [7, 11) is 0. The van der Waals surface area contributed by atoms with E-state index < -0.39 is 0 Å². The van der Waals surface area contributed by atoms with Crippen molar-refractivity contribution in [3.8, 4) is 0 Å². The second-order valence-electron chi connectivity index (χ2n) is 7.58. The highest BCUT2D eigenvalue weighted by atomic mass is 32.2. The van der Waals surface area contributed by atoms with Gasteiger partial charge in [0, 0.05) is 32.1 Å². The molecule has 2 N–H and O–H groups in total. The van der Waals surface area contributed by atoms with Crippen LogP contribution in [0.1, 0.15) is 56.5 Å². The first-order valence-corrected chi connectivity index (χ1v) is 12.2. The van der Waals surface area contributed by atoms with Gasteiger partial charge in [-0.25, -0.2) is 4.39 Å². The van der Waals surface area contributed by atoms with Crippen LogP contribution in [0.5, 0.6) is 0 Å². The molecule has 8 heteroatoms. The highest BCUT2D eigenvalue weighted by Crippen LogP contribution is 2.33. The molecule has 1 aliphatic rings. The third kappa shape index (κ3) is 6.45. The summed E-state index contributed by atoms with van der Waals surface area (Å²) < 4.78 is 15.7. The summed E-state index contributed by atoms with van der Waals surface area (Å²) in [6.07, 6.45) is 9.70. The van der Waals surface area contributed by atoms with E-state index in [1.54, 1.807) is 23.9 Å². The predicted molar refractivity (Wildman–Crippen MR) is 122 cm³/mol. The van der Waals surface area contributed by atoms with Crippen LogP contribution in [0.15, 0.2) is 34.4 Å². The van der Waals surface area contributed by atoms with Crippen molar-refractivity contribution >= 4 is 17.7 Å². The summed E-state index contributed by atoms with van der Waals surface area (Å²) in [6, 6.07) is 7.30. The van der Waals surface area contributed by atoms with Crippen LogP contribution >= 0.6 is 11.8 Å². The lowest BCUT2D eigenvalue weighted by Gasteiger charge is -2.16. The Morgan fingerprint density at radius 3 is 2.80 bits per heavy atom. The SMILES string of the molecule is CCNC(=NCCCc1nnc(SC)n1C1CCCC1)NCCc1cccc(F)c1. The van der Waals surface area contributed by atoms with Gasteiger partial charge in [0.1, 0.15) is 11.6 Å². The summed E-state index contributed by atoms with van der Waals surface area (Å²) in [5.41, 5.74) is 0.981. The minimum atomic E-state index is -0.192. The molecular weight excluding hydrogens is 399 g/mol. The van der Waals surface area contributed by atoms with Gasteiger partial charge in [0.05, 0.1) is 0 Å². The average Bonchev–Trinajstić information content (AvgIpc) is 3.40. The summed E-state index contributed by atoms with van der Waals surface area (Å²) in [5, 5.41) is 16.5. The van der Waals surface area contributed by atoms with Gasteiger partial charge in [0.2, 0.25) is 0 Å². The molecule has 0 amide bonds. The number of halogens is 1. The van der Waals surface area contributed by atoms with Crippen LogP contribution < -0.4 is 10.6 Å². The Kier molecular flexibility index (Phi) is 8.99. The lowest BCUT2D eigenvalue weighted by atomic mass is 10.1. The van der Waals surface area contributed by atoms with Crippen LogP contribution in [0, 0.1) is 5.82 Å². The van der Waals surface area contributed by atoms with E-state index in [-0.39, 0.29) is 5.82 Å². The molecule has 1 heterocycles. The van der Waals surface area contributed by atoms with Crippen molar-refractivity contribution in [3.63, 3.8) is 0 Å². The molecule has 1 aliphatic carbocycles. The molecule has 164 valence electrons. The molecular formula is C22H33FN6S. The van der Waals surface area contributed by atoms with E-state index in [1.807, 2.05) is 6.07 Å². The molecule has 1 aromatic heterocycles. The lowest BCUT2D eigenvalue weighted by molar-refractivity contribution is 0.461. The summed E-state index contributed by atoms with van der Waals surface area (Å²) in [5.74, 6) is 1.70. The van der Waals surface area contributed by atoms with Gasteiger partial charge in [0.25, 0.3) is 0 Å². The Hall–Kier alpha value is -2.09. The second kappa shape index (κ2) is 11.9. The molecule has 0 saturated heterocycles. The zero-order valence-corrected chi connectivity index (χ0v) is 18.8. The monoisotopic (exact) mass is 432 g/mol. The zero-order valence-electron chi connectivity index (χ0n) is 18.0. The van der Waals surface area contributed by atoms with E-state index in [1.165, 1.54) is 31.7 Å². The van der Waals surface area contributed by atoms with Crippen molar-refractivity contribution in [2.24, 2.45) is 4.99 Å². The smallest absolute Gasteiger partial charge is 0.191 e. The Labute approximate surface area is 183 Å². The second-order valence-corrected chi connectivity index (χ2v) is 8.36. The van der Waals surface area contributed by atoms with Gasteiger partial charge in [0.15, 0.2) is 11.1 Å². The fraction of sp³-hybridized carbons (Fsp3) is 0.591. The van der Waals surface area contributed by atoms with Gasteiger partial charge in [-0.2, -0.15) is 0 Å².